The molecule has 0 radical (unpaired) electrons. The van der Waals surface area contributed by atoms with Gasteiger partial charge in [0.25, 0.3) is 0 Å². The minimum absolute atomic E-state index is 0.0456. The number of aldehydes is 1. The number of anilines is 1. The highest BCUT2D eigenvalue weighted by Gasteiger charge is 2.09. The van der Waals surface area contributed by atoms with E-state index in [1.54, 1.807) is 0 Å². The van der Waals surface area contributed by atoms with Crippen molar-refractivity contribution in [2.75, 3.05) is 5.43 Å². The van der Waals surface area contributed by atoms with Crippen molar-refractivity contribution < 1.29 is 18.3 Å². The first kappa shape index (κ1) is 10.4. The van der Waals surface area contributed by atoms with Crippen molar-refractivity contribution in [1.29, 1.82) is 0 Å². The summed E-state index contributed by atoms with van der Waals surface area (Å²) in [6.45, 7) is -2.97. The summed E-state index contributed by atoms with van der Waals surface area (Å²) in [5.74, 6) is 4.86. The minimum Gasteiger partial charge on any atom is -0.434 e. The molecule has 4 nitrogen and oxygen atoms in total. The molecule has 14 heavy (non-hydrogen) atoms. The Balaban J connectivity index is 3.01. The number of rotatable bonds is 4. The third kappa shape index (κ3) is 2.40. The predicted molar refractivity (Wildman–Crippen MR) is 46.3 cm³/mol. The van der Waals surface area contributed by atoms with Crippen LogP contribution in [-0.4, -0.2) is 12.9 Å². The van der Waals surface area contributed by atoms with Crippen molar-refractivity contribution in [3.8, 4) is 5.75 Å². The highest BCUT2D eigenvalue weighted by atomic mass is 19.3. The first-order valence-corrected chi connectivity index (χ1v) is 3.68. The molecule has 0 aliphatic heterocycles. The van der Waals surface area contributed by atoms with Crippen LogP contribution >= 0.6 is 0 Å². The van der Waals surface area contributed by atoms with Gasteiger partial charge in [-0.15, -0.1) is 0 Å². The van der Waals surface area contributed by atoms with Crippen LogP contribution in [0.15, 0.2) is 18.2 Å². The SMILES string of the molecule is NNc1ccc(C=O)c(OC(F)F)c1. The Bertz CT molecular complexity index is 331. The summed E-state index contributed by atoms with van der Waals surface area (Å²) in [5.41, 5.74) is 2.68. The maximum Gasteiger partial charge on any atom is 0.387 e. The lowest BCUT2D eigenvalue weighted by molar-refractivity contribution is -0.0500. The molecule has 0 saturated carbocycles. The Labute approximate surface area is 78.6 Å². The summed E-state index contributed by atoms with van der Waals surface area (Å²) in [6, 6.07) is 4.03. The van der Waals surface area contributed by atoms with Gasteiger partial charge in [0.15, 0.2) is 6.29 Å². The molecule has 0 amide bonds. The van der Waals surface area contributed by atoms with Gasteiger partial charge < -0.3 is 10.2 Å². The average molecular weight is 202 g/mol. The van der Waals surface area contributed by atoms with Gasteiger partial charge in [-0.3, -0.25) is 10.6 Å². The second-order valence-electron chi connectivity index (χ2n) is 2.39. The number of nitrogens with one attached hydrogen (secondary N) is 1. The topological polar surface area (TPSA) is 64.3 Å². The van der Waals surface area contributed by atoms with Gasteiger partial charge in [0.05, 0.1) is 11.3 Å². The Morgan fingerprint density at radius 2 is 2.21 bits per heavy atom. The van der Waals surface area contributed by atoms with E-state index in [2.05, 4.69) is 10.2 Å². The standard InChI is InChI=1S/C8H8F2N2O2/c9-8(10)14-7-3-6(12-11)2-1-5(7)4-13/h1-4,8,12H,11H2. The molecule has 0 spiro atoms. The number of nitrogens with two attached hydrogens (primary N) is 1. The Hall–Kier alpha value is -1.69. The van der Waals surface area contributed by atoms with Gasteiger partial charge in [-0.1, -0.05) is 0 Å². The summed E-state index contributed by atoms with van der Waals surface area (Å²) in [6.07, 6.45) is 0.429. The number of nitrogen functional groups attached to an aromatic ring is 1. The molecule has 0 bridgehead atoms. The van der Waals surface area contributed by atoms with Crippen molar-refractivity contribution in [1.82, 2.24) is 0 Å². The number of benzene rings is 1. The number of alkyl halides is 2. The molecule has 1 aromatic rings. The molecule has 0 aliphatic carbocycles. The fourth-order valence-electron chi connectivity index (χ4n) is 0.920. The van der Waals surface area contributed by atoms with Crippen LogP contribution in [0.1, 0.15) is 10.4 Å². The van der Waals surface area contributed by atoms with Crippen molar-refractivity contribution in [2.45, 2.75) is 6.61 Å². The highest BCUT2D eigenvalue weighted by Crippen LogP contribution is 2.23. The Kier molecular flexibility index (Phi) is 3.35. The quantitative estimate of drug-likeness (QED) is 0.440. The van der Waals surface area contributed by atoms with Crippen molar-refractivity contribution >= 4 is 12.0 Å². The van der Waals surface area contributed by atoms with Crippen LogP contribution in [0.4, 0.5) is 14.5 Å². The van der Waals surface area contributed by atoms with Crippen LogP contribution < -0.4 is 16.0 Å². The lowest BCUT2D eigenvalue weighted by Gasteiger charge is -2.08. The van der Waals surface area contributed by atoms with Crippen LogP contribution in [0.5, 0.6) is 5.75 Å². The number of hydrazine groups is 1. The number of carbonyl (C=O) groups excluding carboxylic acids is 1. The van der Waals surface area contributed by atoms with Crippen LogP contribution in [0.25, 0.3) is 0 Å². The fourth-order valence-corrected chi connectivity index (χ4v) is 0.920. The van der Waals surface area contributed by atoms with E-state index in [0.717, 1.165) is 0 Å². The number of carbonyl (C=O) groups is 1. The normalized spacial score (nSPS) is 10.0. The number of ether oxygens (including phenoxy) is 1. The van der Waals surface area contributed by atoms with E-state index in [9.17, 15) is 13.6 Å². The summed E-state index contributed by atoms with van der Waals surface area (Å²) < 4.78 is 27.9. The first-order valence-electron chi connectivity index (χ1n) is 3.68. The number of hydrogen-bond acceptors (Lipinski definition) is 4. The predicted octanol–water partition coefficient (Wildman–Crippen LogP) is 1.39. The lowest BCUT2D eigenvalue weighted by atomic mass is 10.2. The van der Waals surface area contributed by atoms with E-state index >= 15 is 0 Å². The molecular formula is C8H8F2N2O2. The molecule has 76 valence electrons. The largest absolute Gasteiger partial charge is 0.434 e. The third-order valence-corrected chi connectivity index (χ3v) is 1.52. The molecule has 0 aromatic heterocycles. The average Bonchev–Trinajstić information content (AvgIpc) is 2.16. The molecule has 6 heteroatoms. The molecule has 1 rings (SSSR count). The van der Waals surface area contributed by atoms with E-state index in [1.807, 2.05) is 0 Å². The molecule has 1 aromatic carbocycles. The second kappa shape index (κ2) is 4.52. The fraction of sp³-hybridized carbons (Fsp3) is 0.125. The van der Waals surface area contributed by atoms with Gasteiger partial charge in [0, 0.05) is 6.07 Å². The Morgan fingerprint density at radius 3 is 2.71 bits per heavy atom. The van der Waals surface area contributed by atoms with E-state index in [1.165, 1.54) is 18.2 Å². The van der Waals surface area contributed by atoms with Crippen LogP contribution in [0, 0.1) is 0 Å². The summed E-state index contributed by atoms with van der Waals surface area (Å²) >= 11 is 0. The molecule has 0 atom stereocenters. The molecule has 0 aliphatic rings. The van der Waals surface area contributed by atoms with E-state index < -0.39 is 6.61 Å². The summed E-state index contributed by atoms with van der Waals surface area (Å²) in [7, 11) is 0. The van der Waals surface area contributed by atoms with Crippen LogP contribution in [0.2, 0.25) is 0 Å². The van der Waals surface area contributed by atoms with Gasteiger partial charge in [-0.25, -0.2) is 0 Å². The second-order valence-corrected chi connectivity index (χ2v) is 2.39. The molecule has 3 N–H and O–H groups in total. The molecule has 0 fully saturated rings. The van der Waals surface area contributed by atoms with Gasteiger partial charge in [-0.2, -0.15) is 8.78 Å². The zero-order valence-corrected chi connectivity index (χ0v) is 7.04. The number of hydrogen-bond donors (Lipinski definition) is 2. The van der Waals surface area contributed by atoms with Gasteiger partial charge in [-0.05, 0) is 12.1 Å². The van der Waals surface area contributed by atoms with Crippen molar-refractivity contribution in [2.24, 2.45) is 5.84 Å². The van der Waals surface area contributed by atoms with Gasteiger partial charge in [0.2, 0.25) is 0 Å². The molecule has 0 heterocycles. The van der Waals surface area contributed by atoms with Crippen molar-refractivity contribution in [3.05, 3.63) is 23.8 Å². The number of halogens is 2. The summed E-state index contributed by atoms with van der Waals surface area (Å²) in [4.78, 5) is 10.4. The highest BCUT2D eigenvalue weighted by molar-refractivity contribution is 5.80. The maximum atomic E-state index is 11.9. The van der Waals surface area contributed by atoms with Gasteiger partial charge in [0.1, 0.15) is 5.75 Å². The van der Waals surface area contributed by atoms with E-state index in [4.69, 9.17) is 5.84 Å². The maximum absolute atomic E-state index is 11.9. The zero-order chi connectivity index (χ0) is 10.6. The smallest absolute Gasteiger partial charge is 0.387 e. The summed E-state index contributed by atoms with van der Waals surface area (Å²) in [5, 5.41) is 0. The lowest BCUT2D eigenvalue weighted by Crippen LogP contribution is -2.09. The van der Waals surface area contributed by atoms with Crippen LogP contribution in [-0.2, 0) is 0 Å². The van der Waals surface area contributed by atoms with E-state index in [-0.39, 0.29) is 11.3 Å². The van der Waals surface area contributed by atoms with Gasteiger partial charge >= 0.3 is 6.61 Å². The van der Waals surface area contributed by atoms with Crippen molar-refractivity contribution in [3.63, 3.8) is 0 Å². The minimum atomic E-state index is -2.97. The van der Waals surface area contributed by atoms with E-state index in [0.29, 0.717) is 12.0 Å². The molecular weight excluding hydrogens is 194 g/mol. The zero-order valence-electron chi connectivity index (χ0n) is 7.04. The third-order valence-electron chi connectivity index (χ3n) is 1.52. The monoisotopic (exact) mass is 202 g/mol. The Morgan fingerprint density at radius 1 is 1.50 bits per heavy atom. The first-order chi connectivity index (χ1) is 6.67. The van der Waals surface area contributed by atoms with Crippen LogP contribution in [0.3, 0.4) is 0 Å². The molecule has 0 saturated heterocycles. The molecule has 0 unspecified atom stereocenters.